The molecule has 0 unspecified atom stereocenters. The summed E-state index contributed by atoms with van der Waals surface area (Å²) >= 11 is 3.45. The number of hydrogen-bond donors (Lipinski definition) is 0. The van der Waals surface area contributed by atoms with Crippen LogP contribution in [0.1, 0.15) is 33.3 Å². The van der Waals surface area contributed by atoms with E-state index in [1.807, 2.05) is 24.3 Å². The van der Waals surface area contributed by atoms with E-state index in [2.05, 4.69) is 21.0 Å². The predicted octanol–water partition coefficient (Wildman–Crippen LogP) is 2.68. The zero-order valence-electron chi connectivity index (χ0n) is 10.9. The molecule has 2 aromatic rings. The summed E-state index contributed by atoms with van der Waals surface area (Å²) in [7, 11) is 0. The van der Waals surface area contributed by atoms with Gasteiger partial charge in [0.25, 0.3) is 0 Å². The number of aldehydes is 1. The molecular weight excluding hydrogens is 324 g/mol. The van der Waals surface area contributed by atoms with Crippen LogP contribution in [-0.4, -0.2) is 28.6 Å². The summed E-state index contributed by atoms with van der Waals surface area (Å²) in [6, 6.07) is 7.69. The van der Waals surface area contributed by atoms with Crippen molar-refractivity contribution in [3.05, 3.63) is 51.8 Å². The molecule has 0 fully saturated rings. The molecule has 104 valence electrons. The zero-order valence-corrected chi connectivity index (χ0v) is 12.5. The maximum absolute atomic E-state index is 11.7. The summed E-state index contributed by atoms with van der Waals surface area (Å²) in [6.07, 6.45) is 2.15. The van der Waals surface area contributed by atoms with Crippen molar-refractivity contribution >= 4 is 28.2 Å². The highest BCUT2D eigenvalue weighted by molar-refractivity contribution is 9.10. The van der Waals surface area contributed by atoms with E-state index in [-0.39, 0.29) is 17.9 Å². The van der Waals surface area contributed by atoms with Crippen LogP contribution in [0, 0.1) is 0 Å². The Kier molecular flexibility index (Phi) is 4.68. The van der Waals surface area contributed by atoms with Gasteiger partial charge in [0.1, 0.15) is 0 Å². The zero-order chi connectivity index (χ0) is 14.5. The number of hydrogen-bond acceptors (Lipinski definition) is 4. The van der Waals surface area contributed by atoms with Crippen LogP contribution in [0.2, 0.25) is 0 Å². The molecule has 0 N–H and O–H groups in total. The largest absolute Gasteiger partial charge is 0.461 e. The van der Waals surface area contributed by atoms with Gasteiger partial charge in [0.15, 0.2) is 12.0 Å². The first-order valence-corrected chi connectivity index (χ1v) is 6.88. The lowest BCUT2D eigenvalue weighted by molar-refractivity contribution is 0.0516. The summed E-state index contributed by atoms with van der Waals surface area (Å²) in [5, 5.41) is 4.13. The number of carbonyl (C=O) groups excluding carboxylic acids is 2. The van der Waals surface area contributed by atoms with Gasteiger partial charge >= 0.3 is 5.97 Å². The Morgan fingerprint density at radius 3 is 2.85 bits per heavy atom. The number of benzene rings is 1. The number of aromatic nitrogens is 2. The second-order valence-electron chi connectivity index (χ2n) is 4.06. The van der Waals surface area contributed by atoms with Crippen molar-refractivity contribution in [3.8, 4) is 0 Å². The molecule has 1 aromatic heterocycles. The van der Waals surface area contributed by atoms with E-state index in [0.29, 0.717) is 12.8 Å². The molecule has 1 aromatic carbocycles. The van der Waals surface area contributed by atoms with Crippen LogP contribution in [-0.2, 0) is 11.3 Å². The first-order valence-electron chi connectivity index (χ1n) is 6.09. The van der Waals surface area contributed by atoms with E-state index in [0.717, 1.165) is 10.0 Å². The number of halogens is 1. The molecule has 0 aliphatic heterocycles. The van der Waals surface area contributed by atoms with E-state index in [1.165, 1.54) is 0 Å². The van der Waals surface area contributed by atoms with Gasteiger partial charge in [0.05, 0.1) is 18.7 Å². The first-order chi connectivity index (χ1) is 9.65. The lowest BCUT2D eigenvalue weighted by Gasteiger charge is -2.04. The summed E-state index contributed by atoms with van der Waals surface area (Å²) < 4.78 is 7.37. The molecule has 20 heavy (non-hydrogen) atoms. The predicted molar refractivity (Wildman–Crippen MR) is 76.8 cm³/mol. The Morgan fingerprint density at radius 2 is 2.20 bits per heavy atom. The number of nitrogens with zero attached hydrogens (tertiary/aromatic N) is 2. The van der Waals surface area contributed by atoms with Gasteiger partial charge in [-0.15, -0.1) is 0 Å². The normalized spacial score (nSPS) is 10.3. The molecule has 5 nitrogen and oxygen atoms in total. The minimum Gasteiger partial charge on any atom is -0.461 e. The molecule has 0 saturated heterocycles. The van der Waals surface area contributed by atoms with Crippen LogP contribution in [0.15, 0.2) is 34.9 Å². The minimum atomic E-state index is -0.583. The summed E-state index contributed by atoms with van der Waals surface area (Å²) in [6.45, 7) is 2.41. The Labute approximate surface area is 124 Å². The lowest BCUT2D eigenvalue weighted by atomic mass is 10.2. The fourth-order valence-electron chi connectivity index (χ4n) is 1.76. The van der Waals surface area contributed by atoms with Gasteiger partial charge in [-0.1, -0.05) is 34.1 Å². The fourth-order valence-corrected chi connectivity index (χ4v) is 2.17. The third kappa shape index (κ3) is 3.14. The molecule has 0 aliphatic rings. The molecular formula is C14H13BrN2O3. The van der Waals surface area contributed by atoms with E-state index in [1.54, 1.807) is 17.8 Å². The third-order valence-electron chi connectivity index (χ3n) is 2.68. The minimum absolute atomic E-state index is 0.0499. The molecule has 0 bridgehead atoms. The second-order valence-corrected chi connectivity index (χ2v) is 4.91. The Bertz CT molecular complexity index is 637. The van der Waals surface area contributed by atoms with Crippen molar-refractivity contribution in [1.29, 1.82) is 0 Å². The Balaban J connectivity index is 2.28. The van der Waals surface area contributed by atoms with Crippen LogP contribution in [0.5, 0.6) is 0 Å². The SMILES string of the molecule is CCOC(=O)c1nn(Cc2ccccc2Br)cc1C=O. The van der Waals surface area contributed by atoms with Crippen LogP contribution in [0.4, 0.5) is 0 Å². The van der Waals surface area contributed by atoms with Gasteiger partial charge in [0.2, 0.25) is 0 Å². The highest BCUT2D eigenvalue weighted by Gasteiger charge is 2.17. The first kappa shape index (κ1) is 14.5. The van der Waals surface area contributed by atoms with E-state index in [9.17, 15) is 9.59 Å². The average molecular weight is 337 g/mol. The fraction of sp³-hybridized carbons (Fsp3) is 0.214. The Morgan fingerprint density at radius 1 is 1.45 bits per heavy atom. The molecule has 0 spiro atoms. The van der Waals surface area contributed by atoms with Crippen molar-refractivity contribution in [3.63, 3.8) is 0 Å². The summed E-state index contributed by atoms with van der Waals surface area (Å²) in [5.74, 6) is -0.583. The van der Waals surface area contributed by atoms with Crippen molar-refractivity contribution < 1.29 is 14.3 Å². The van der Waals surface area contributed by atoms with Crippen molar-refractivity contribution in [2.45, 2.75) is 13.5 Å². The van der Waals surface area contributed by atoms with Gasteiger partial charge in [0, 0.05) is 10.7 Å². The van der Waals surface area contributed by atoms with Gasteiger partial charge in [-0.25, -0.2) is 4.79 Å². The van der Waals surface area contributed by atoms with Gasteiger partial charge in [-0.3, -0.25) is 9.48 Å². The smallest absolute Gasteiger partial charge is 0.359 e. The summed E-state index contributed by atoms with van der Waals surface area (Å²) in [4.78, 5) is 22.7. The highest BCUT2D eigenvalue weighted by atomic mass is 79.9. The number of esters is 1. The molecule has 0 atom stereocenters. The molecule has 2 rings (SSSR count). The molecule has 0 amide bonds. The monoisotopic (exact) mass is 336 g/mol. The molecule has 0 saturated carbocycles. The van der Waals surface area contributed by atoms with Crippen molar-refractivity contribution in [2.75, 3.05) is 6.61 Å². The number of rotatable bonds is 5. The van der Waals surface area contributed by atoms with Crippen LogP contribution >= 0.6 is 15.9 Å². The Hall–Kier alpha value is -1.95. The molecule has 0 radical (unpaired) electrons. The number of carbonyl (C=O) groups is 2. The van der Waals surface area contributed by atoms with Gasteiger partial charge in [-0.2, -0.15) is 5.10 Å². The summed E-state index contributed by atoms with van der Waals surface area (Å²) in [5.41, 5.74) is 1.28. The highest BCUT2D eigenvalue weighted by Crippen LogP contribution is 2.17. The maximum Gasteiger partial charge on any atom is 0.359 e. The van der Waals surface area contributed by atoms with Gasteiger partial charge in [-0.05, 0) is 18.6 Å². The van der Waals surface area contributed by atoms with Crippen LogP contribution < -0.4 is 0 Å². The van der Waals surface area contributed by atoms with Crippen molar-refractivity contribution in [2.24, 2.45) is 0 Å². The van der Waals surface area contributed by atoms with Crippen LogP contribution in [0.3, 0.4) is 0 Å². The number of ether oxygens (including phenoxy) is 1. The van der Waals surface area contributed by atoms with Crippen molar-refractivity contribution in [1.82, 2.24) is 9.78 Å². The molecule has 6 heteroatoms. The van der Waals surface area contributed by atoms with E-state index >= 15 is 0 Å². The van der Waals surface area contributed by atoms with Crippen LogP contribution in [0.25, 0.3) is 0 Å². The standard InChI is InChI=1S/C14H13BrN2O3/c1-2-20-14(19)13-11(9-18)8-17(16-13)7-10-5-3-4-6-12(10)15/h3-6,8-9H,2,7H2,1H3. The average Bonchev–Trinajstić information content (AvgIpc) is 2.85. The molecule has 0 aliphatic carbocycles. The quantitative estimate of drug-likeness (QED) is 0.622. The van der Waals surface area contributed by atoms with Gasteiger partial charge < -0.3 is 4.74 Å². The molecule has 1 heterocycles. The second kappa shape index (κ2) is 6.47. The maximum atomic E-state index is 11.7. The third-order valence-corrected chi connectivity index (χ3v) is 3.45. The lowest BCUT2D eigenvalue weighted by Crippen LogP contribution is -2.09. The van der Waals surface area contributed by atoms with E-state index < -0.39 is 5.97 Å². The van der Waals surface area contributed by atoms with E-state index in [4.69, 9.17) is 4.74 Å². The topological polar surface area (TPSA) is 61.2 Å².